The van der Waals surface area contributed by atoms with Crippen LogP contribution >= 0.6 is 0 Å². The molecule has 0 radical (unpaired) electrons. The summed E-state index contributed by atoms with van der Waals surface area (Å²) in [6, 6.07) is 0. The van der Waals surface area contributed by atoms with Gasteiger partial charge in [0.1, 0.15) is 0 Å². The Kier molecular flexibility index (Phi) is 4.34. The van der Waals surface area contributed by atoms with Gasteiger partial charge in [-0.3, -0.25) is 4.98 Å². The van der Waals surface area contributed by atoms with E-state index in [-0.39, 0.29) is 5.03 Å². The fourth-order valence-corrected chi connectivity index (χ4v) is 1.59. The van der Waals surface area contributed by atoms with E-state index in [0.29, 0.717) is 0 Å². The van der Waals surface area contributed by atoms with Gasteiger partial charge in [-0.25, -0.2) is 18.5 Å². The summed E-state index contributed by atoms with van der Waals surface area (Å²) in [6.07, 6.45) is 4.38. The number of sulfonamides is 1. The lowest BCUT2D eigenvalue weighted by atomic mass is 10.2. The van der Waals surface area contributed by atoms with Crippen molar-refractivity contribution in [1.82, 2.24) is 14.9 Å². The van der Waals surface area contributed by atoms with E-state index in [9.17, 15) is 8.42 Å². The summed E-state index contributed by atoms with van der Waals surface area (Å²) in [5, 5.41) is 4.72. The molecule has 6 nitrogen and oxygen atoms in total. The van der Waals surface area contributed by atoms with E-state index in [4.69, 9.17) is 5.14 Å². The molecule has 2 N–H and O–H groups in total. The number of aromatic nitrogens is 2. The van der Waals surface area contributed by atoms with E-state index >= 15 is 0 Å². The standard InChI is InChI=1S/C9H16N4O2S/c1-13(2)5-3-4-8-6-12-9(7-11-8)16(10,14)15/h6-7H,3-5H2,1-2H3,(H2,10,14,15). The van der Waals surface area contributed by atoms with Gasteiger partial charge in [0.2, 0.25) is 0 Å². The van der Waals surface area contributed by atoms with Crippen molar-refractivity contribution < 1.29 is 8.42 Å². The van der Waals surface area contributed by atoms with E-state index in [1.54, 1.807) is 0 Å². The van der Waals surface area contributed by atoms with E-state index in [1.165, 1.54) is 12.4 Å². The van der Waals surface area contributed by atoms with E-state index < -0.39 is 10.0 Å². The molecule has 1 rings (SSSR count). The zero-order valence-electron chi connectivity index (χ0n) is 9.42. The van der Waals surface area contributed by atoms with E-state index in [2.05, 4.69) is 14.9 Å². The lowest BCUT2D eigenvalue weighted by Gasteiger charge is -2.08. The molecule has 0 saturated carbocycles. The van der Waals surface area contributed by atoms with Gasteiger partial charge in [-0.05, 0) is 33.5 Å². The maximum atomic E-state index is 10.9. The molecule has 1 aromatic rings. The highest BCUT2D eigenvalue weighted by Crippen LogP contribution is 2.03. The fraction of sp³-hybridized carbons (Fsp3) is 0.556. The number of hydrogen-bond donors (Lipinski definition) is 1. The average Bonchev–Trinajstić information content (AvgIpc) is 2.16. The second-order valence-corrected chi connectivity index (χ2v) is 5.31. The minimum absolute atomic E-state index is 0.191. The third kappa shape index (κ3) is 4.21. The zero-order valence-corrected chi connectivity index (χ0v) is 10.2. The summed E-state index contributed by atoms with van der Waals surface area (Å²) in [5.74, 6) is 0. The van der Waals surface area contributed by atoms with Crippen molar-refractivity contribution in [3.05, 3.63) is 18.1 Å². The monoisotopic (exact) mass is 244 g/mol. The Morgan fingerprint density at radius 2 is 2.00 bits per heavy atom. The van der Waals surface area contributed by atoms with Crippen molar-refractivity contribution in [2.45, 2.75) is 17.9 Å². The van der Waals surface area contributed by atoms with Gasteiger partial charge >= 0.3 is 0 Å². The molecule has 1 heterocycles. The molecular weight excluding hydrogens is 228 g/mol. The maximum absolute atomic E-state index is 10.9. The smallest absolute Gasteiger partial charge is 0.257 e. The lowest BCUT2D eigenvalue weighted by Crippen LogP contribution is -2.15. The van der Waals surface area contributed by atoms with Crippen LogP contribution < -0.4 is 5.14 Å². The van der Waals surface area contributed by atoms with Crippen molar-refractivity contribution in [2.75, 3.05) is 20.6 Å². The van der Waals surface area contributed by atoms with Gasteiger partial charge in [0.25, 0.3) is 10.0 Å². The summed E-state index contributed by atoms with van der Waals surface area (Å²) in [6.45, 7) is 0.957. The number of nitrogens with zero attached hydrogens (tertiary/aromatic N) is 3. The molecule has 1 aromatic heterocycles. The molecule has 0 spiro atoms. The molecule has 0 fully saturated rings. The molecule has 16 heavy (non-hydrogen) atoms. The third-order valence-electron chi connectivity index (χ3n) is 2.01. The number of aryl methyl sites for hydroxylation is 1. The van der Waals surface area contributed by atoms with Gasteiger partial charge in [0.05, 0.1) is 11.9 Å². The Bertz CT molecular complexity index is 427. The number of primary sulfonamides is 1. The van der Waals surface area contributed by atoms with Crippen molar-refractivity contribution in [2.24, 2.45) is 5.14 Å². The minimum atomic E-state index is -3.74. The lowest BCUT2D eigenvalue weighted by molar-refractivity contribution is 0.399. The normalized spacial score (nSPS) is 12.0. The summed E-state index contributed by atoms with van der Waals surface area (Å²) in [5.41, 5.74) is 0.772. The van der Waals surface area contributed by atoms with Crippen LogP contribution in [0.2, 0.25) is 0 Å². The highest BCUT2D eigenvalue weighted by Gasteiger charge is 2.09. The van der Waals surface area contributed by atoms with Crippen LogP contribution in [0.4, 0.5) is 0 Å². The molecule has 0 bridgehead atoms. The Morgan fingerprint density at radius 1 is 1.31 bits per heavy atom. The molecular formula is C9H16N4O2S. The molecule has 90 valence electrons. The highest BCUT2D eigenvalue weighted by atomic mass is 32.2. The first-order valence-corrected chi connectivity index (χ1v) is 6.42. The SMILES string of the molecule is CN(C)CCCc1cnc(S(N)(=O)=O)cn1. The average molecular weight is 244 g/mol. The highest BCUT2D eigenvalue weighted by molar-refractivity contribution is 7.89. The van der Waals surface area contributed by atoms with Gasteiger partial charge < -0.3 is 4.90 Å². The topological polar surface area (TPSA) is 89.2 Å². The number of hydrogen-bond acceptors (Lipinski definition) is 5. The van der Waals surface area contributed by atoms with Crippen molar-refractivity contribution in [3.63, 3.8) is 0 Å². The summed E-state index contributed by atoms with van der Waals surface area (Å²) >= 11 is 0. The summed E-state index contributed by atoms with van der Waals surface area (Å²) in [7, 11) is 0.256. The Balaban J connectivity index is 2.59. The molecule has 0 aliphatic carbocycles. The van der Waals surface area contributed by atoms with Gasteiger partial charge in [0.15, 0.2) is 5.03 Å². The Hall–Kier alpha value is -1.05. The molecule has 0 amide bonds. The zero-order chi connectivity index (χ0) is 12.2. The molecule has 0 aliphatic heterocycles. The van der Waals surface area contributed by atoms with Crippen LogP contribution in [-0.2, 0) is 16.4 Å². The first kappa shape index (κ1) is 13.0. The van der Waals surface area contributed by atoms with Crippen molar-refractivity contribution in [1.29, 1.82) is 0 Å². The maximum Gasteiger partial charge on any atom is 0.257 e. The van der Waals surface area contributed by atoms with Crippen molar-refractivity contribution >= 4 is 10.0 Å². The molecule has 0 saturated heterocycles. The largest absolute Gasteiger partial charge is 0.309 e. The van der Waals surface area contributed by atoms with Crippen LogP contribution in [-0.4, -0.2) is 43.9 Å². The van der Waals surface area contributed by atoms with Crippen LogP contribution in [0, 0.1) is 0 Å². The predicted molar refractivity (Wildman–Crippen MR) is 60.3 cm³/mol. The number of rotatable bonds is 5. The van der Waals surface area contributed by atoms with E-state index in [1.807, 2.05) is 14.1 Å². The predicted octanol–water partition coefficient (Wildman–Crippen LogP) is -0.382. The molecule has 0 unspecified atom stereocenters. The van der Waals surface area contributed by atoms with Crippen LogP contribution in [0.5, 0.6) is 0 Å². The third-order valence-corrected chi connectivity index (χ3v) is 2.81. The molecule has 0 atom stereocenters. The van der Waals surface area contributed by atoms with Crippen LogP contribution in [0.1, 0.15) is 12.1 Å². The first-order chi connectivity index (χ1) is 7.39. The number of nitrogens with two attached hydrogens (primary N) is 1. The molecule has 0 aliphatic rings. The van der Waals surface area contributed by atoms with Crippen LogP contribution in [0.15, 0.2) is 17.4 Å². The summed E-state index contributed by atoms with van der Waals surface area (Å²) in [4.78, 5) is 9.84. The first-order valence-electron chi connectivity index (χ1n) is 4.88. The van der Waals surface area contributed by atoms with Gasteiger partial charge in [-0.1, -0.05) is 0 Å². The second-order valence-electron chi connectivity index (χ2n) is 3.80. The quantitative estimate of drug-likeness (QED) is 0.762. The Morgan fingerprint density at radius 3 is 2.44 bits per heavy atom. The summed E-state index contributed by atoms with van der Waals surface area (Å²) < 4.78 is 21.8. The van der Waals surface area contributed by atoms with Gasteiger partial charge in [-0.2, -0.15) is 0 Å². The Labute approximate surface area is 95.6 Å². The van der Waals surface area contributed by atoms with Crippen molar-refractivity contribution in [3.8, 4) is 0 Å². The van der Waals surface area contributed by atoms with Gasteiger partial charge in [0, 0.05) is 6.20 Å². The van der Waals surface area contributed by atoms with E-state index in [0.717, 1.165) is 25.1 Å². The van der Waals surface area contributed by atoms with Crippen LogP contribution in [0.25, 0.3) is 0 Å². The second kappa shape index (κ2) is 5.33. The fourth-order valence-electron chi connectivity index (χ4n) is 1.20. The molecule has 7 heteroatoms. The minimum Gasteiger partial charge on any atom is -0.309 e. The van der Waals surface area contributed by atoms with Gasteiger partial charge in [-0.15, -0.1) is 0 Å². The van der Waals surface area contributed by atoms with Crippen LogP contribution in [0.3, 0.4) is 0 Å². The molecule has 0 aromatic carbocycles.